The van der Waals surface area contributed by atoms with Crippen LogP contribution in [0.25, 0.3) is 11.1 Å². The van der Waals surface area contributed by atoms with Gasteiger partial charge < -0.3 is 20.5 Å². The quantitative estimate of drug-likeness (QED) is 0.479. The summed E-state index contributed by atoms with van der Waals surface area (Å²) in [6.45, 7) is 3.75. The Kier molecular flexibility index (Phi) is 6.63. The van der Waals surface area contributed by atoms with Crippen molar-refractivity contribution < 1.29 is 24.2 Å². The van der Waals surface area contributed by atoms with Gasteiger partial charge in [0.15, 0.2) is 0 Å². The van der Waals surface area contributed by atoms with Crippen LogP contribution >= 0.6 is 0 Å². The Balaban J connectivity index is 1.45. The number of carboxylic acid groups (broad SMARTS) is 1. The number of ether oxygens (including phenoxy) is 1. The van der Waals surface area contributed by atoms with E-state index >= 15 is 0 Å². The first kappa shape index (κ1) is 23.0. The second-order valence-corrected chi connectivity index (χ2v) is 8.38. The van der Waals surface area contributed by atoms with Crippen molar-refractivity contribution in [2.45, 2.75) is 32.2 Å². The number of hydrogen-bond donors (Lipinski definition) is 3. The average molecular weight is 459 g/mol. The number of amides is 2. The van der Waals surface area contributed by atoms with Crippen LogP contribution in [0.3, 0.4) is 0 Å². The highest BCUT2D eigenvalue weighted by atomic mass is 16.5. The van der Waals surface area contributed by atoms with Crippen LogP contribution in [0, 0.1) is 13.8 Å². The highest BCUT2D eigenvalue weighted by molar-refractivity contribution is 5.99. The Morgan fingerprint density at radius 2 is 1.44 bits per heavy atom. The molecule has 3 aromatic rings. The molecule has 0 fully saturated rings. The van der Waals surface area contributed by atoms with E-state index in [1.807, 2.05) is 80.6 Å². The number of alkyl carbamates (subject to hydrolysis) is 1. The molecule has 0 heterocycles. The number of nitrogens with one attached hydrogen (secondary N) is 2. The largest absolute Gasteiger partial charge is 0.481 e. The number of benzene rings is 3. The molecule has 0 aliphatic heterocycles. The van der Waals surface area contributed by atoms with Gasteiger partial charge in [-0.25, -0.2) is 4.79 Å². The van der Waals surface area contributed by atoms with E-state index in [1.54, 1.807) is 0 Å². The first-order valence-corrected chi connectivity index (χ1v) is 11.1. The maximum Gasteiger partial charge on any atom is 0.407 e. The fourth-order valence-corrected chi connectivity index (χ4v) is 4.39. The lowest BCUT2D eigenvalue weighted by atomic mass is 9.98. The molecule has 1 aliphatic rings. The monoisotopic (exact) mass is 458 g/mol. The fraction of sp³-hybridized carbons (Fsp3) is 0.222. The SMILES string of the molecule is Cc1cccc(C)c1NC(=O)C(CC(=O)O)NC(=O)OCC1c2ccccc2-c2ccccc21. The molecule has 0 spiro atoms. The summed E-state index contributed by atoms with van der Waals surface area (Å²) >= 11 is 0. The number of hydrogen-bond acceptors (Lipinski definition) is 4. The summed E-state index contributed by atoms with van der Waals surface area (Å²) in [5.41, 5.74) is 6.59. The van der Waals surface area contributed by atoms with Crippen molar-refractivity contribution in [2.24, 2.45) is 0 Å². The van der Waals surface area contributed by atoms with Crippen LogP contribution in [0.1, 0.15) is 34.6 Å². The Bertz CT molecular complexity index is 1190. The summed E-state index contributed by atoms with van der Waals surface area (Å²) in [6, 6.07) is 20.2. The maximum absolute atomic E-state index is 12.8. The fourth-order valence-electron chi connectivity index (χ4n) is 4.39. The average Bonchev–Trinajstić information content (AvgIpc) is 3.13. The molecule has 4 rings (SSSR count). The lowest BCUT2D eigenvalue weighted by Gasteiger charge is -2.20. The normalized spacial score (nSPS) is 12.9. The van der Waals surface area contributed by atoms with E-state index in [9.17, 15) is 19.5 Å². The summed E-state index contributed by atoms with van der Waals surface area (Å²) in [5.74, 6) is -1.96. The van der Waals surface area contributed by atoms with Gasteiger partial charge >= 0.3 is 12.1 Å². The van der Waals surface area contributed by atoms with Crippen molar-refractivity contribution in [2.75, 3.05) is 11.9 Å². The van der Waals surface area contributed by atoms with Gasteiger partial charge in [0.05, 0.1) is 6.42 Å². The molecule has 0 saturated carbocycles. The summed E-state index contributed by atoms with van der Waals surface area (Å²) < 4.78 is 5.48. The third kappa shape index (κ3) is 4.78. The number of aliphatic carboxylic acids is 1. The van der Waals surface area contributed by atoms with Crippen molar-refractivity contribution >= 4 is 23.7 Å². The molecule has 3 aromatic carbocycles. The first-order valence-electron chi connectivity index (χ1n) is 11.1. The molecular weight excluding hydrogens is 432 g/mol. The second kappa shape index (κ2) is 9.79. The van der Waals surface area contributed by atoms with Gasteiger partial charge in [-0.2, -0.15) is 0 Å². The van der Waals surface area contributed by atoms with Crippen LogP contribution in [0.5, 0.6) is 0 Å². The van der Waals surface area contributed by atoms with Gasteiger partial charge in [0.1, 0.15) is 12.6 Å². The zero-order valence-electron chi connectivity index (χ0n) is 19.0. The van der Waals surface area contributed by atoms with Crippen LogP contribution in [0.4, 0.5) is 10.5 Å². The maximum atomic E-state index is 12.8. The molecule has 0 radical (unpaired) electrons. The highest BCUT2D eigenvalue weighted by Gasteiger charge is 2.30. The molecule has 174 valence electrons. The Labute approximate surface area is 197 Å². The van der Waals surface area contributed by atoms with Crippen molar-refractivity contribution in [3.05, 3.63) is 89.0 Å². The van der Waals surface area contributed by atoms with Crippen LogP contribution < -0.4 is 10.6 Å². The molecule has 7 heteroatoms. The van der Waals surface area contributed by atoms with Crippen LogP contribution in [0.2, 0.25) is 0 Å². The van der Waals surface area contributed by atoms with Gasteiger partial charge in [0, 0.05) is 11.6 Å². The number of carboxylic acids is 1. The lowest BCUT2D eigenvalue weighted by molar-refractivity contribution is -0.139. The van der Waals surface area contributed by atoms with Crippen molar-refractivity contribution in [3.8, 4) is 11.1 Å². The third-order valence-electron chi connectivity index (χ3n) is 6.06. The zero-order chi connectivity index (χ0) is 24.2. The van der Waals surface area contributed by atoms with E-state index in [-0.39, 0.29) is 12.5 Å². The summed E-state index contributed by atoms with van der Waals surface area (Å²) in [7, 11) is 0. The van der Waals surface area contributed by atoms with Crippen molar-refractivity contribution in [3.63, 3.8) is 0 Å². The highest BCUT2D eigenvalue weighted by Crippen LogP contribution is 2.44. The number of anilines is 1. The van der Waals surface area contributed by atoms with Gasteiger partial charge in [-0.15, -0.1) is 0 Å². The first-order chi connectivity index (χ1) is 16.3. The number of aryl methyl sites for hydroxylation is 2. The molecule has 7 nitrogen and oxygen atoms in total. The lowest BCUT2D eigenvalue weighted by Crippen LogP contribution is -2.45. The van der Waals surface area contributed by atoms with Crippen molar-refractivity contribution in [1.82, 2.24) is 5.32 Å². The molecule has 3 N–H and O–H groups in total. The van der Waals surface area contributed by atoms with Crippen LogP contribution in [-0.2, 0) is 14.3 Å². The van der Waals surface area contributed by atoms with E-state index in [1.165, 1.54) is 0 Å². The Morgan fingerprint density at radius 1 is 0.882 bits per heavy atom. The molecule has 1 aliphatic carbocycles. The summed E-state index contributed by atoms with van der Waals surface area (Å²) in [4.78, 5) is 36.8. The molecule has 0 saturated heterocycles. The minimum atomic E-state index is -1.29. The number of carbonyl (C=O) groups excluding carboxylic acids is 2. The molecule has 1 atom stereocenters. The summed E-state index contributed by atoms with van der Waals surface area (Å²) in [6.07, 6.45) is -1.41. The van der Waals surface area contributed by atoms with E-state index in [2.05, 4.69) is 10.6 Å². The Morgan fingerprint density at radius 3 is 2.00 bits per heavy atom. The van der Waals surface area contributed by atoms with E-state index in [0.29, 0.717) is 5.69 Å². The predicted molar refractivity (Wildman–Crippen MR) is 129 cm³/mol. The van der Waals surface area contributed by atoms with E-state index < -0.39 is 30.4 Å². The molecule has 34 heavy (non-hydrogen) atoms. The third-order valence-corrected chi connectivity index (χ3v) is 6.06. The van der Waals surface area contributed by atoms with E-state index in [4.69, 9.17) is 4.74 Å². The number of fused-ring (bicyclic) bond motifs is 3. The predicted octanol–water partition coefficient (Wildman–Crippen LogP) is 4.62. The van der Waals surface area contributed by atoms with Gasteiger partial charge in [0.25, 0.3) is 0 Å². The molecule has 2 amide bonds. The minimum absolute atomic E-state index is 0.0676. The smallest absolute Gasteiger partial charge is 0.407 e. The van der Waals surface area contributed by atoms with Gasteiger partial charge in [-0.3, -0.25) is 9.59 Å². The molecule has 1 unspecified atom stereocenters. The Hall–Kier alpha value is -4.13. The van der Waals surface area contributed by atoms with Gasteiger partial charge in [-0.1, -0.05) is 66.7 Å². The number of carbonyl (C=O) groups is 3. The zero-order valence-corrected chi connectivity index (χ0v) is 19.0. The summed E-state index contributed by atoms with van der Waals surface area (Å²) in [5, 5.41) is 14.4. The molecule has 0 bridgehead atoms. The second-order valence-electron chi connectivity index (χ2n) is 8.38. The minimum Gasteiger partial charge on any atom is -0.481 e. The van der Waals surface area contributed by atoms with E-state index in [0.717, 1.165) is 33.4 Å². The van der Waals surface area contributed by atoms with Gasteiger partial charge in [0.2, 0.25) is 5.91 Å². The van der Waals surface area contributed by atoms with Crippen molar-refractivity contribution in [1.29, 1.82) is 0 Å². The molecular formula is C27H26N2O5. The molecule has 0 aromatic heterocycles. The van der Waals surface area contributed by atoms with Gasteiger partial charge in [-0.05, 0) is 47.2 Å². The van der Waals surface area contributed by atoms with Crippen LogP contribution in [0.15, 0.2) is 66.7 Å². The topological polar surface area (TPSA) is 105 Å². The van der Waals surface area contributed by atoms with Crippen LogP contribution in [-0.4, -0.2) is 35.7 Å². The number of para-hydroxylation sites is 1. The number of rotatable bonds is 7. The standard InChI is InChI=1S/C27H26N2O5/c1-16-8-7-9-17(2)25(16)29-26(32)23(14-24(30)31)28-27(33)34-15-22-20-12-5-3-10-18(20)19-11-4-6-13-21(19)22/h3-13,22-23H,14-15H2,1-2H3,(H,28,33)(H,29,32)(H,30,31).